The van der Waals surface area contributed by atoms with Crippen LogP contribution in [-0.2, 0) is 4.79 Å². The van der Waals surface area contributed by atoms with Crippen LogP contribution >= 0.6 is 0 Å². The Bertz CT molecular complexity index is 132. The number of carbonyl (C=O) groups is 1. The molecule has 0 saturated carbocycles. The van der Waals surface area contributed by atoms with Crippen LogP contribution < -0.4 is 5.73 Å². The van der Waals surface area contributed by atoms with Gasteiger partial charge in [-0.25, -0.2) is 0 Å². The van der Waals surface area contributed by atoms with Crippen molar-refractivity contribution in [2.45, 2.75) is 32.7 Å². The first-order chi connectivity index (χ1) is 4.42. The fraction of sp³-hybridized carbons (Fsp3) is 0.857. The highest BCUT2D eigenvalue weighted by molar-refractivity contribution is 5.78. The molecule has 0 spiro atoms. The molecule has 60 valence electrons. The van der Waals surface area contributed by atoms with Gasteiger partial charge in [0.15, 0.2) is 0 Å². The topological polar surface area (TPSA) is 63.3 Å². The summed E-state index contributed by atoms with van der Waals surface area (Å²) in [6.45, 7) is 5.32. The van der Waals surface area contributed by atoms with E-state index >= 15 is 0 Å². The van der Waals surface area contributed by atoms with Gasteiger partial charge in [-0.05, 0) is 12.8 Å². The molecule has 0 fully saturated rings. The zero-order valence-corrected chi connectivity index (χ0v) is 6.72. The van der Waals surface area contributed by atoms with Gasteiger partial charge in [-0.2, -0.15) is 0 Å². The molecule has 0 aliphatic rings. The first-order valence-corrected chi connectivity index (χ1v) is 3.45. The highest BCUT2D eigenvalue weighted by atomic mass is 16.4. The van der Waals surface area contributed by atoms with Gasteiger partial charge in [-0.3, -0.25) is 4.79 Å². The van der Waals surface area contributed by atoms with E-state index in [4.69, 9.17) is 10.8 Å². The van der Waals surface area contributed by atoms with Gasteiger partial charge in [0.25, 0.3) is 0 Å². The maximum atomic E-state index is 10.5. The minimum absolute atomic E-state index is 0.0185. The van der Waals surface area contributed by atoms with E-state index in [1.54, 1.807) is 6.92 Å². The van der Waals surface area contributed by atoms with E-state index < -0.39 is 11.5 Å². The van der Waals surface area contributed by atoms with E-state index in [1.165, 1.54) is 0 Å². The van der Waals surface area contributed by atoms with Crippen LogP contribution in [0.15, 0.2) is 0 Å². The molecular formula is C7H15NO2. The zero-order chi connectivity index (χ0) is 8.36. The molecule has 0 aliphatic heterocycles. The van der Waals surface area contributed by atoms with Crippen molar-refractivity contribution in [3.63, 3.8) is 0 Å². The second kappa shape index (κ2) is 3.01. The molecule has 2 atom stereocenters. The number of nitrogens with two attached hydrogens (primary N) is 1. The Labute approximate surface area is 61.2 Å². The van der Waals surface area contributed by atoms with Crippen molar-refractivity contribution < 1.29 is 9.90 Å². The van der Waals surface area contributed by atoms with Crippen LogP contribution in [0.1, 0.15) is 27.2 Å². The number of rotatable bonds is 3. The molecule has 0 aromatic rings. The summed E-state index contributed by atoms with van der Waals surface area (Å²) in [4.78, 5) is 10.5. The summed E-state index contributed by atoms with van der Waals surface area (Å²) in [6.07, 6.45) is 0.791. The van der Waals surface area contributed by atoms with Crippen LogP contribution in [-0.4, -0.2) is 16.6 Å². The predicted molar refractivity (Wildman–Crippen MR) is 39.7 cm³/mol. The Balaban J connectivity index is 4.23. The van der Waals surface area contributed by atoms with Gasteiger partial charge in [0.1, 0.15) is 5.54 Å². The quantitative estimate of drug-likeness (QED) is 0.618. The van der Waals surface area contributed by atoms with Crippen LogP contribution in [0, 0.1) is 5.92 Å². The van der Waals surface area contributed by atoms with Gasteiger partial charge >= 0.3 is 5.97 Å². The van der Waals surface area contributed by atoms with Gasteiger partial charge in [0.2, 0.25) is 0 Å². The molecule has 0 aromatic carbocycles. The monoisotopic (exact) mass is 145 g/mol. The van der Waals surface area contributed by atoms with Crippen molar-refractivity contribution in [3.05, 3.63) is 0 Å². The van der Waals surface area contributed by atoms with Crippen LogP contribution in [0.3, 0.4) is 0 Å². The van der Waals surface area contributed by atoms with Gasteiger partial charge in [-0.15, -0.1) is 0 Å². The Hall–Kier alpha value is -0.570. The largest absolute Gasteiger partial charge is 0.480 e. The molecule has 3 heteroatoms. The van der Waals surface area contributed by atoms with E-state index in [-0.39, 0.29) is 5.92 Å². The first-order valence-electron chi connectivity index (χ1n) is 3.45. The maximum absolute atomic E-state index is 10.5. The fourth-order valence-electron chi connectivity index (χ4n) is 0.635. The third-order valence-corrected chi connectivity index (χ3v) is 2.10. The van der Waals surface area contributed by atoms with Crippen LogP contribution in [0.2, 0.25) is 0 Å². The number of carboxylic acids is 1. The summed E-state index contributed by atoms with van der Waals surface area (Å²) in [7, 11) is 0. The van der Waals surface area contributed by atoms with Crippen molar-refractivity contribution in [2.24, 2.45) is 11.7 Å². The van der Waals surface area contributed by atoms with Crippen molar-refractivity contribution in [1.82, 2.24) is 0 Å². The summed E-state index contributed by atoms with van der Waals surface area (Å²) in [5.74, 6) is -0.910. The molecule has 0 rings (SSSR count). The van der Waals surface area contributed by atoms with Crippen LogP contribution in [0.5, 0.6) is 0 Å². The fourth-order valence-corrected chi connectivity index (χ4v) is 0.635. The lowest BCUT2D eigenvalue weighted by atomic mass is 9.86. The second-order valence-corrected chi connectivity index (χ2v) is 2.90. The van der Waals surface area contributed by atoms with Crippen molar-refractivity contribution in [3.8, 4) is 0 Å². The number of hydrogen-bond acceptors (Lipinski definition) is 2. The molecule has 0 aromatic heterocycles. The summed E-state index contributed by atoms with van der Waals surface area (Å²) in [5.41, 5.74) is 4.44. The smallest absolute Gasteiger partial charge is 0.323 e. The molecule has 0 saturated heterocycles. The summed E-state index contributed by atoms with van der Waals surface area (Å²) in [5, 5.41) is 8.62. The van der Waals surface area contributed by atoms with E-state index in [1.807, 2.05) is 13.8 Å². The minimum Gasteiger partial charge on any atom is -0.480 e. The van der Waals surface area contributed by atoms with E-state index in [0.29, 0.717) is 0 Å². The predicted octanol–water partition coefficient (Wildman–Crippen LogP) is 0.834. The molecule has 0 aliphatic carbocycles. The minimum atomic E-state index is -1.07. The normalized spacial score (nSPS) is 19.6. The third-order valence-electron chi connectivity index (χ3n) is 2.10. The lowest BCUT2D eigenvalue weighted by Crippen LogP contribution is -2.50. The lowest BCUT2D eigenvalue weighted by molar-refractivity contribution is -0.144. The molecule has 3 N–H and O–H groups in total. The highest BCUT2D eigenvalue weighted by Gasteiger charge is 2.33. The molecular weight excluding hydrogens is 130 g/mol. The molecule has 0 bridgehead atoms. The van der Waals surface area contributed by atoms with E-state index in [2.05, 4.69) is 0 Å². The third kappa shape index (κ3) is 1.70. The highest BCUT2D eigenvalue weighted by Crippen LogP contribution is 2.16. The lowest BCUT2D eigenvalue weighted by Gasteiger charge is -2.25. The van der Waals surface area contributed by atoms with Crippen molar-refractivity contribution in [2.75, 3.05) is 0 Å². The van der Waals surface area contributed by atoms with Crippen LogP contribution in [0.25, 0.3) is 0 Å². The number of aliphatic carboxylic acids is 1. The second-order valence-electron chi connectivity index (χ2n) is 2.90. The standard InChI is InChI=1S/C7H15NO2/c1-4-5(2)7(3,8)6(9)10/h5H,4,8H2,1-3H3,(H,9,10)/t5-,7+/m1/s1. The first kappa shape index (κ1) is 9.43. The molecule has 0 unspecified atom stereocenters. The van der Waals surface area contributed by atoms with Crippen molar-refractivity contribution in [1.29, 1.82) is 0 Å². The summed E-state index contributed by atoms with van der Waals surface area (Å²) >= 11 is 0. The average molecular weight is 145 g/mol. The molecule has 0 heterocycles. The number of carboxylic acid groups (broad SMARTS) is 1. The molecule has 0 radical (unpaired) electrons. The van der Waals surface area contributed by atoms with Crippen LogP contribution in [0.4, 0.5) is 0 Å². The van der Waals surface area contributed by atoms with Crippen molar-refractivity contribution >= 4 is 5.97 Å². The zero-order valence-electron chi connectivity index (χ0n) is 6.72. The van der Waals surface area contributed by atoms with Gasteiger partial charge in [0, 0.05) is 0 Å². The summed E-state index contributed by atoms with van der Waals surface area (Å²) in [6, 6.07) is 0. The SMILES string of the molecule is CC[C@@H](C)[C@](C)(N)C(=O)O. The van der Waals surface area contributed by atoms with E-state index in [0.717, 1.165) is 6.42 Å². The number of hydrogen-bond donors (Lipinski definition) is 2. The Morgan fingerprint density at radius 3 is 2.30 bits per heavy atom. The Morgan fingerprint density at radius 2 is 2.20 bits per heavy atom. The van der Waals surface area contributed by atoms with E-state index in [9.17, 15) is 4.79 Å². The van der Waals surface area contributed by atoms with Gasteiger partial charge in [0.05, 0.1) is 0 Å². The molecule has 0 amide bonds. The summed E-state index contributed by atoms with van der Waals surface area (Å²) < 4.78 is 0. The molecule has 10 heavy (non-hydrogen) atoms. The molecule has 3 nitrogen and oxygen atoms in total. The Morgan fingerprint density at radius 1 is 1.80 bits per heavy atom. The maximum Gasteiger partial charge on any atom is 0.323 e. The van der Waals surface area contributed by atoms with Gasteiger partial charge < -0.3 is 10.8 Å². The average Bonchev–Trinajstić information content (AvgIpc) is 1.86. The Kier molecular flexibility index (Phi) is 2.84. The van der Waals surface area contributed by atoms with Gasteiger partial charge in [-0.1, -0.05) is 20.3 Å².